The first-order chi connectivity index (χ1) is 17.7. The maximum Gasteiger partial charge on any atom is 0.415 e. The number of hydrogen-bond donors (Lipinski definition) is 1. The van der Waals surface area contributed by atoms with Crippen LogP contribution in [0.1, 0.15) is 57.6 Å². The molecule has 0 atom stereocenters. The number of carbonyl (C=O) groups excluding carboxylic acids is 1. The van der Waals surface area contributed by atoms with Gasteiger partial charge in [0.05, 0.1) is 40.8 Å². The summed E-state index contributed by atoms with van der Waals surface area (Å²) in [5.41, 5.74) is 2.60. The van der Waals surface area contributed by atoms with Gasteiger partial charge in [0, 0.05) is 17.1 Å². The number of H-pyrrole nitrogens is 1. The molecule has 8 nitrogen and oxygen atoms in total. The van der Waals surface area contributed by atoms with Crippen molar-refractivity contribution in [1.29, 1.82) is 5.26 Å². The maximum atomic E-state index is 13.3. The molecule has 3 aliphatic rings. The van der Waals surface area contributed by atoms with Gasteiger partial charge in [0.1, 0.15) is 17.4 Å². The molecule has 0 saturated heterocycles. The Morgan fingerprint density at radius 1 is 1.22 bits per heavy atom. The second kappa shape index (κ2) is 10.1. The Morgan fingerprint density at radius 2 is 1.97 bits per heavy atom. The van der Waals surface area contributed by atoms with E-state index in [1.54, 1.807) is 17.2 Å². The van der Waals surface area contributed by atoms with Crippen molar-refractivity contribution in [3.05, 3.63) is 57.2 Å². The van der Waals surface area contributed by atoms with Crippen molar-refractivity contribution in [2.75, 3.05) is 11.4 Å². The second-order valence-corrected chi connectivity index (χ2v) is 10.9. The first-order valence-electron chi connectivity index (χ1n) is 12.6. The summed E-state index contributed by atoms with van der Waals surface area (Å²) in [5.74, 6) is 0.810. The van der Waals surface area contributed by atoms with E-state index in [-0.39, 0.29) is 12.0 Å². The molecule has 2 aliphatic heterocycles. The average Bonchev–Trinajstić information content (AvgIpc) is 3.16. The van der Waals surface area contributed by atoms with Crippen molar-refractivity contribution in [3.8, 4) is 11.8 Å². The van der Waals surface area contributed by atoms with Gasteiger partial charge in [-0.3, -0.25) is 4.90 Å². The molecule has 1 amide bonds. The third-order valence-corrected chi connectivity index (χ3v) is 7.21. The molecule has 1 saturated carbocycles. The number of rotatable bonds is 3. The van der Waals surface area contributed by atoms with Crippen LogP contribution in [0.3, 0.4) is 0 Å². The topological polar surface area (TPSA) is 103 Å². The minimum Gasteiger partial charge on any atom is -0.489 e. The van der Waals surface area contributed by atoms with Gasteiger partial charge in [-0.15, -0.1) is 0 Å². The zero-order chi connectivity index (χ0) is 26.2. The predicted molar refractivity (Wildman–Crippen MR) is 142 cm³/mol. The molecule has 0 bridgehead atoms. The molecule has 1 fully saturated rings. The number of fused-ring (bicyclic) bond motifs is 3. The van der Waals surface area contributed by atoms with Gasteiger partial charge in [-0.05, 0) is 76.2 Å². The molecular formula is C28H30ClN5O3. The van der Waals surface area contributed by atoms with Crippen LogP contribution in [-0.4, -0.2) is 29.3 Å². The molecule has 37 heavy (non-hydrogen) atoms. The standard InChI is InChI=1S/C28H30ClN5O3/c1-28(2,3)37-27(35)34-13-12-21(29)24(25-26(34)20-15-31-32-16-22(20)33-25)17-8-10-19(11-9-17)36-23-7-5-4-6-18(23)14-30/h4-7,12,16-17,19,33H,8-11,13,15H2,1-3H3. The molecule has 1 aliphatic carbocycles. The second-order valence-electron chi connectivity index (χ2n) is 10.5. The fourth-order valence-electron chi connectivity index (χ4n) is 5.21. The molecule has 2 aromatic rings. The summed E-state index contributed by atoms with van der Waals surface area (Å²) in [4.78, 5) is 18.4. The fraction of sp³-hybridized carbons (Fsp3) is 0.429. The van der Waals surface area contributed by atoms with Crippen LogP contribution in [0.5, 0.6) is 5.75 Å². The van der Waals surface area contributed by atoms with Gasteiger partial charge in [0.2, 0.25) is 0 Å². The third kappa shape index (κ3) is 5.14. The van der Waals surface area contributed by atoms with Crippen LogP contribution in [0, 0.1) is 17.2 Å². The fourth-order valence-corrected chi connectivity index (χ4v) is 5.52. The summed E-state index contributed by atoms with van der Waals surface area (Å²) < 4.78 is 12.0. The third-order valence-electron chi connectivity index (χ3n) is 6.85. The number of nitriles is 1. The van der Waals surface area contributed by atoms with E-state index in [1.165, 1.54) is 0 Å². The normalized spacial score (nSPS) is 21.1. The van der Waals surface area contributed by atoms with Gasteiger partial charge in [-0.2, -0.15) is 15.5 Å². The molecule has 3 heterocycles. The van der Waals surface area contributed by atoms with Crippen LogP contribution in [0.15, 0.2) is 45.6 Å². The summed E-state index contributed by atoms with van der Waals surface area (Å²) in [6.45, 7) is 6.24. The van der Waals surface area contributed by atoms with Crippen molar-refractivity contribution in [1.82, 2.24) is 4.98 Å². The zero-order valence-electron chi connectivity index (χ0n) is 21.3. The highest BCUT2D eigenvalue weighted by Gasteiger charge is 2.34. The highest BCUT2D eigenvalue weighted by atomic mass is 35.5. The quantitative estimate of drug-likeness (QED) is 0.597. The largest absolute Gasteiger partial charge is 0.489 e. The lowest BCUT2D eigenvalue weighted by Gasteiger charge is -2.30. The minimum atomic E-state index is -0.631. The Bertz CT molecular complexity index is 1440. The van der Waals surface area contributed by atoms with Crippen LogP contribution in [0.4, 0.5) is 10.5 Å². The Hall–Kier alpha value is -3.57. The van der Waals surface area contributed by atoms with Crippen molar-refractivity contribution >= 4 is 35.2 Å². The van der Waals surface area contributed by atoms with Crippen molar-refractivity contribution in [3.63, 3.8) is 0 Å². The van der Waals surface area contributed by atoms with E-state index in [0.29, 0.717) is 29.4 Å². The van der Waals surface area contributed by atoms with E-state index in [9.17, 15) is 10.1 Å². The maximum absolute atomic E-state index is 13.3. The van der Waals surface area contributed by atoms with Crippen LogP contribution >= 0.6 is 11.6 Å². The predicted octanol–water partition coefficient (Wildman–Crippen LogP) is 5.26. The van der Waals surface area contributed by atoms with E-state index < -0.39 is 11.7 Å². The number of para-hydroxylation sites is 1. The van der Waals surface area contributed by atoms with Gasteiger partial charge in [0.25, 0.3) is 0 Å². The van der Waals surface area contributed by atoms with Gasteiger partial charge in [-0.25, -0.2) is 4.79 Å². The Kier molecular flexibility index (Phi) is 6.82. The van der Waals surface area contributed by atoms with Gasteiger partial charge in [-0.1, -0.05) is 23.7 Å². The smallest absolute Gasteiger partial charge is 0.415 e. The Labute approximate surface area is 220 Å². The lowest BCUT2D eigenvalue weighted by Crippen LogP contribution is -2.39. The van der Waals surface area contributed by atoms with Gasteiger partial charge >= 0.3 is 6.09 Å². The number of nitrogens with one attached hydrogen (secondary N) is 1. The summed E-state index contributed by atoms with van der Waals surface area (Å²) in [6.07, 6.45) is 6.59. The summed E-state index contributed by atoms with van der Waals surface area (Å²) >= 11 is 6.92. The van der Waals surface area contributed by atoms with Crippen LogP contribution in [0.25, 0.3) is 11.8 Å². The monoisotopic (exact) mass is 519 g/mol. The molecule has 0 radical (unpaired) electrons. The number of benzene rings is 1. The minimum absolute atomic E-state index is 0.0281. The number of aromatic amines is 1. The molecule has 5 rings (SSSR count). The van der Waals surface area contributed by atoms with E-state index >= 15 is 0 Å². The van der Waals surface area contributed by atoms with E-state index in [0.717, 1.165) is 53.2 Å². The molecule has 192 valence electrons. The van der Waals surface area contributed by atoms with E-state index in [2.05, 4.69) is 21.3 Å². The van der Waals surface area contributed by atoms with Crippen molar-refractivity contribution in [2.24, 2.45) is 16.1 Å². The number of hydrogen-bond acceptors (Lipinski definition) is 6. The van der Waals surface area contributed by atoms with Crippen LogP contribution in [-0.2, 0) is 11.3 Å². The summed E-state index contributed by atoms with van der Waals surface area (Å²) in [6, 6.07) is 9.54. The average molecular weight is 520 g/mol. The van der Waals surface area contributed by atoms with Crippen molar-refractivity contribution < 1.29 is 14.3 Å². The molecule has 0 spiro atoms. The number of carbonyl (C=O) groups is 1. The number of amides is 1. The van der Waals surface area contributed by atoms with Crippen LogP contribution in [0.2, 0.25) is 0 Å². The summed E-state index contributed by atoms with van der Waals surface area (Å²) in [5, 5.41) is 20.0. The SMILES string of the molecule is CC(C)(C)OC(=O)N1CC=C(Cl)C(C2CCC(Oc3ccccc3C#N)CC2)=c2[nH]c3c(c21)CN=NC=3. The number of nitrogens with zero attached hydrogens (tertiary/aromatic N) is 4. The highest BCUT2D eigenvalue weighted by Crippen LogP contribution is 2.39. The molecule has 0 unspecified atom stereocenters. The highest BCUT2D eigenvalue weighted by molar-refractivity contribution is 6.36. The Balaban J connectivity index is 1.48. The number of azo groups is 1. The van der Waals surface area contributed by atoms with E-state index in [1.807, 2.05) is 45.0 Å². The first kappa shape index (κ1) is 25.1. The molecule has 9 heteroatoms. The lowest BCUT2D eigenvalue weighted by molar-refractivity contribution is 0.0584. The molecular weight excluding hydrogens is 490 g/mol. The number of allylic oxidation sites excluding steroid dienone is 1. The van der Waals surface area contributed by atoms with E-state index in [4.69, 9.17) is 21.1 Å². The molecule has 1 aromatic heterocycles. The van der Waals surface area contributed by atoms with Crippen molar-refractivity contribution in [2.45, 2.75) is 64.7 Å². The zero-order valence-corrected chi connectivity index (χ0v) is 22.0. The number of halogens is 1. The molecule has 1 N–H and O–H groups in total. The first-order valence-corrected chi connectivity index (χ1v) is 13.0. The number of anilines is 1. The van der Waals surface area contributed by atoms with Gasteiger partial charge in [0.15, 0.2) is 0 Å². The van der Waals surface area contributed by atoms with Gasteiger partial charge < -0.3 is 14.5 Å². The lowest BCUT2D eigenvalue weighted by atomic mass is 9.81. The number of ether oxygens (including phenoxy) is 2. The van der Waals surface area contributed by atoms with Crippen LogP contribution < -0.4 is 20.3 Å². The molecule has 1 aromatic carbocycles. The summed E-state index contributed by atoms with van der Waals surface area (Å²) in [7, 11) is 0. The number of aromatic nitrogens is 1. The Morgan fingerprint density at radius 3 is 2.70 bits per heavy atom.